The Bertz CT molecular complexity index is 546. The van der Waals surface area contributed by atoms with Crippen LogP contribution in [0.2, 0.25) is 0 Å². The van der Waals surface area contributed by atoms with Gasteiger partial charge in [0.2, 0.25) is 0 Å². The van der Waals surface area contributed by atoms with Gasteiger partial charge in [0.05, 0.1) is 5.57 Å². The number of carbonyl (C=O) groups excluding carboxylic acids is 1. The summed E-state index contributed by atoms with van der Waals surface area (Å²) >= 11 is 0. The van der Waals surface area contributed by atoms with E-state index in [1.165, 1.54) is 51.4 Å². The molecule has 0 unspecified atom stereocenters. The second-order valence-electron chi connectivity index (χ2n) is 7.28. The summed E-state index contributed by atoms with van der Waals surface area (Å²) in [5.41, 5.74) is 2.19. The number of hydrogen-bond donors (Lipinski definition) is 2. The molecule has 0 atom stereocenters. The van der Waals surface area contributed by atoms with Gasteiger partial charge in [0.1, 0.15) is 5.76 Å². The van der Waals surface area contributed by atoms with E-state index < -0.39 is 0 Å². The molecule has 0 saturated heterocycles. The predicted octanol–water partition coefficient (Wildman–Crippen LogP) is 6.32. The Labute approximate surface area is 159 Å². The summed E-state index contributed by atoms with van der Waals surface area (Å²) in [5.74, 6) is -0.121. The number of nitrogens with one attached hydrogen (secondary N) is 1. The number of aliphatic hydroxyl groups excluding tert-OH is 1. The smallest absolute Gasteiger partial charge is 0.250 e. The lowest BCUT2D eigenvalue weighted by molar-refractivity contribution is -0.117. The van der Waals surface area contributed by atoms with Crippen molar-refractivity contribution in [1.82, 2.24) is 5.32 Å². The molecule has 0 fully saturated rings. The Morgan fingerprint density at radius 3 is 1.92 bits per heavy atom. The van der Waals surface area contributed by atoms with Gasteiger partial charge in [-0.1, -0.05) is 94.5 Å². The summed E-state index contributed by atoms with van der Waals surface area (Å²) in [6.07, 6.45) is 12.8. The summed E-state index contributed by atoms with van der Waals surface area (Å²) in [7, 11) is 0. The number of aryl methyl sites for hydroxylation is 1. The first-order valence-corrected chi connectivity index (χ1v) is 10.3. The SMILES string of the molecule is CCCCCCCCCCCCNC(=O)C(C)=C(O)c1ccc(C)cc1. The van der Waals surface area contributed by atoms with Crippen molar-refractivity contribution in [2.45, 2.75) is 85.0 Å². The van der Waals surface area contributed by atoms with Crippen molar-refractivity contribution in [3.63, 3.8) is 0 Å². The van der Waals surface area contributed by atoms with E-state index in [9.17, 15) is 9.90 Å². The zero-order valence-corrected chi connectivity index (χ0v) is 16.9. The summed E-state index contributed by atoms with van der Waals surface area (Å²) in [4.78, 5) is 12.2. The highest BCUT2D eigenvalue weighted by Gasteiger charge is 2.11. The molecular weight excluding hydrogens is 322 g/mol. The van der Waals surface area contributed by atoms with Gasteiger partial charge >= 0.3 is 0 Å². The molecule has 0 aliphatic rings. The fourth-order valence-electron chi connectivity index (χ4n) is 2.98. The van der Waals surface area contributed by atoms with E-state index in [4.69, 9.17) is 0 Å². The van der Waals surface area contributed by atoms with Crippen LogP contribution in [0.1, 0.15) is 89.2 Å². The highest BCUT2D eigenvalue weighted by Crippen LogP contribution is 2.16. The minimum atomic E-state index is -0.181. The predicted molar refractivity (Wildman–Crippen MR) is 111 cm³/mol. The van der Waals surface area contributed by atoms with Crippen LogP contribution in [0.25, 0.3) is 5.76 Å². The molecule has 3 nitrogen and oxygen atoms in total. The molecule has 1 rings (SSSR count). The molecular formula is C23H37NO2. The molecule has 146 valence electrons. The van der Waals surface area contributed by atoms with E-state index in [2.05, 4.69) is 12.2 Å². The number of aliphatic hydroxyl groups is 1. The first kappa shape index (κ1) is 22.3. The molecule has 0 aliphatic carbocycles. The largest absolute Gasteiger partial charge is 0.507 e. The van der Waals surface area contributed by atoms with Crippen molar-refractivity contribution in [2.75, 3.05) is 6.54 Å². The van der Waals surface area contributed by atoms with Crippen molar-refractivity contribution < 1.29 is 9.90 Å². The standard InChI is InChI=1S/C23H37NO2/c1-4-5-6-7-8-9-10-11-12-13-18-24-23(26)20(3)22(25)21-16-14-19(2)15-17-21/h14-17,25H,4-13,18H2,1-3H3,(H,24,26). The van der Waals surface area contributed by atoms with Gasteiger partial charge in [-0.15, -0.1) is 0 Å². The summed E-state index contributed by atoms with van der Waals surface area (Å²) < 4.78 is 0. The van der Waals surface area contributed by atoms with Gasteiger partial charge in [-0.25, -0.2) is 0 Å². The average molecular weight is 360 g/mol. The van der Waals surface area contributed by atoms with Crippen LogP contribution in [-0.4, -0.2) is 17.6 Å². The molecule has 2 N–H and O–H groups in total. The normalized spacial score (nSPS) is 12.0. The van der Waals surface area contributed by atoms with Crippen molar-refractivity contribution in [1.29, 1.82) is 0 Å². The van der Waals surface area contributed by atoms with Gasteiger partial charge in [-0.3, -0.25) is 4.79 Å². The van der Waals surface area contributed by atoms with Crippen LogP contribution in [0.15, 0.2) is 29.8 Å². The van der Waals surface area contributed by atoms with E-state index in [1.54, 1.807) is 6.92 Å². The maximum absolute atomic E-state index is 12.2. The van der Waals surface area contributed by atoms with Crippen molar-refractivity contribution in [2.24, 2.45) is 0 Å². The lowest BCUT2D eigenvalue weighted by atomic mass is 10.1. The zero-order valence-electron chi connectivity index (χ0n) is 16.9. The third-order valence-corrected chi connectivity index (χ3v) is 4.84. The third-order valence-electron chi connectivity index (χ3n) is 4.84. The number of hydrogen-bond acceptors (Lipinski definition) is 2. The summed E-state index contributed by atoms with van der Waals surface area (Å²) in [6.45, 7) is 6.59. The van der Waals surface area contributed by atoms with Gasteiger partial charge in [0.15, 0.2) is 0 Å². The molecule has 1 aromatic carbocycles. The number of benzene rings is 1. The maximum Gasteiger partial charge on any atom is 0.250 e. The number of amides is 1. The van der Waals surface area contributed by atoms with Gasteiger partial charge < -0.3 is 10.4 Å². The monoisotopic (exact) mass is 359 g/mol. The Hall–Kier alpha value is -1.77. The quantitative estimate of drug-likeness (QED) is 0.246. The molecule has 1 aromatic rings. The highest BCUT2D eigenvalue weighted by atomic mass is 16.3. The number of unbranched alkanes of at least 4 members (excludes halogenated alkanes) is 9. The molecule has 0 saturated carbocycles. The molecule has 0 heterocycles. The van der Waals surface area contributed by atoms with E-state index in [1.807, 2.05) is 31.2 Å². The van der Waals surface area contributed by atoms with E-state index in [0.29, 0.717) is 17.7 Å². The van der Waals surface area contributed by atoms with Crippen LogP contribution >= 0.6 is 0 Å². The Balaban J connectivity index is 2.16. The van der Waals surface area contributed by atoms with Crippen molar-refractivity contribution in [3.05, 3.63) is 41.0 Å². The molecule has 1 amide bonds. The molecule has 26 heavy (non-hydrogen) atoms. The zero-order chi connectivity index (χ0) is 19.2. The highest BCUT2D eigenvalue weighted by molar-refractivity contribution is 5.99. The summed E-state index contributed by atoms with van der Waals surface area (Å²) in [5, 5.41) is 13.2. The first-order valence-electron chi connectivity index (χ1n) is 10.3. The Morgan fingerprint density at radius 1 is 0.885 bits per heavy atom. The van der Waals surface area contributed by atoms with Crippen molar-refractivity contribution in [3.8, 4) is 0 Å². The second-order valence-corrected chi connectivity index (χ2v) is 7.28. The number of rotatable bonds is 13. The average Bonchev–Trinajstić information content (AvgIpc) is 2.65. The second kappa shape index (κ2) is 13.4. The number of carbonyl (C=O) groups is 1. The topological polar surface area (TPSA) is 49.3 Å². The fraction of sp³-hybridized carbons (Fsp3) is 0.609. The van der Waals surface area contributed by atoms with Crippen LogP contribution in [0.3, 0.4) is 0 Å². The summed E-state index contributed by atoms with van der Waals surface area (Å²) in [6, 6.07) is 7.54. The van der Waals surface area contributed by atoms with Crippen LogP contribution in [0.5, 0.6) is 0 Å². The maximum atomic E-state index is 12.2. The molecule has 0 spiro atoms. The fourth-order valence-corrected chi connectivity index (χ4v) is 2.98. The van der Waals surface area contributed by atoms with Gasteiger partial charge in [-0.2, -0.15) is 0 Å². The molecule has 3 heteroatoms. The lowest BCUT2D eigenvalue weighted by Gasteiger charge is -2.08. The van der Waals surface area contributed by atoms with Gasteiger partial charge in [0.25, 0.3) is 5.91 Å². The van der Waals surface area contributed by atoms with Crippen LogP contribution < -0.4 is 5.32 Å². The minimum absolute atomic E-state index is 0.0607. The van der Waals surface area contributed by atoms with Crippen LogP contribution in [0, 0.1) is 6.92 Å². The van der Waals surface area contributed by atoms with Gasteiger partial charge in [-0.05, 0) is 20.3 Å². The van der Waals surface area contributed by atoms with Crippen molar-refractivity contribution >= 4 is 11.7 Å². The van der Waals surface area contributed by atoms with Crippen LogP contribution in [-0.2, 0) is 4.79 Å². The first-order chi connectivity index (χ1) is 12.6. The van der Waals surface area contributed by atoms with E-state index in [0.717, 1.165) is 18.4 Å². The van der Waals surface area contributed by atoms with Gasteiger partial charge in [0, 0.05) is 12.1 Å². The molecule has 0 radical (unpaired) electrons. The van der Waals surface area contributed by atoms with Crippen LogP contribution in [0.4, 0.5) is 0 Å². The Morgan fingerprint density at radius 2 is 1.38 bits per heavy atom. The molecule has 0 bridgehead atoms. The third kappa shape index (κ3) is 9.07. The lowest BCUT2D eigenvalue weighted by Crippen LogP contribution is -2.25. The van der Waals surface area contributed by atoms with E-state index in [-0.39, 0.29) is 11.7 Å². The van der Waals surface area contributed by atoms with E-state index >= 15 is 0 Å². The Kier molecular flexibility index (Phi) is 11.5. The molecule has 0 aliphatic heterocycles. The minimum Gasteiger partial charge on any atom is -0.507 e. The molecule has 0 aromatic heterocycles.